The molecular weight excluding hydrogens is 176 g/mol. The van der Waals surface area contributed by atoms with Gasteiger partial charge in [-0.25, -0.2) is 14.6 Å². The van der Waals surface area contributed by atoms with Crippen LogP contribution in [0.15, 0.2) is 0 Å². The topological polar surface area (TPSA) is 65.0 Å². The van der Waals surface area contributed by atoms with Gasteiger partial charge in [0.15, 0.2) is 0 Å². The summed E-state index contributed by atoms with van der Waals surface area (Å²) in [5.41, 5.74) is 0. The van der Waals surface area contributed by atoms with Crippen LogP contribution < -0.4 is 0 Å². The van der Waals surface area contributed by atoms with Crippen LogP contribution in [0.25, 0.3) is 0 Å². The predicted molar refractivity (Wildman–Crippen MR) is 44.8 cm³/mol. The molecule has 0 spiro atoms. The monoisotopic (exact) mass is 192 g/mol. The Hall–Kier alpha value is -0.650. The normalized spacial score (nSPS) is 18.1. The Morgan fingerprint density at radius 3 is 1.92 bits per heavy atom. The third-order valence-electron chi connectivity index (χ3n) is 1.33. The van der Waals surface area contributed by atoms with Gasteiger partial charge in [0, 0.05) is 0 Å². The number of methoxy groups -OCH3 is 1. The highest BCUT2D eigenvalue weighted by Gasteiger charge is 2.05. The maximum Gasteiger partial charge on any atom is 0.334 e. The van der Waals surface area contributed by atoms with Crippen LogP contribution in [0.2, 0.25) is 0 Å². The van der Waals surface area contributed by atoms with Crippen molar-refractivity contribution in [2.24, 2.45) is 0 Å². The van der Waals surface area contributed by atoms with Crippen LogP contribution in [-0.4, -0.2) is 37.5 Å². The summed E-state index contributed by atoms with van der Waals surface area (Å²) in [6, 6.07) is 0. The van der Waals surface area contributed by atoms with Gasteiger partial charge in [-0.2, -0.15) is 0 Å². The Labute approximate surface area is 77.5 Å². The Bertz CT molecular complexity index is 119. The lowest BCUT2D eigenvalue weighted by Gasteiger charge is -2.07. The lowest BCUT2D eigenvalue weighted by molar-refractivity contribution is -0.312. The van der Waals surface area contributed by atoms with Crippen molar-refractivity contribution in [3.63, 3.8) is 0 Å². The van der Waals surface area contributed by atoms with Crippen LogP contribution in [-0.2, 0) is 19.3 Å². The second kappa shape index (κ2) is 7.97. The summed E-state index contributed by atoms with van der Waals surface area (Å²) < 4.78 is 4.12. The number of ether oxygens (including phenoxy) is 1. The van der Waals surface area contributed by atoms with Gasteiger partial charge in [0.25, 0.3) is 0 Å². The average molecular weight is 192 g/mol. The first kappa shape index (κ1) is 12.3. The Morgan fingerprint density at radius 1 is 1.38 bits per heavy atom. The fourth-order valence-electron chi connectivity index (χ4n) is 0.610. The number of hydrogen-bond donors (Lipinski definition) is 1. The molecule has 0 aromatic rings. The van der Waals surface area contributed by atoms with E-state index in [2.05, 4.69) is 14.5 Å². The largest absolute Gasteiger partial charge is 0.467 e. The van der Waals surface area contributed by atoms with Gasteiger partial charge in [0.05, 0.1) is 20.3 Å². The number of carbonyl (C=O) groups is 1. The number of hydrogen-bond acceptors (Lipinski definition) is 5. The molecule has 0 aromatic carbocycles. The Balaban J connectivity index is 0.000000223. The van der Waals surface area contributed by atoms with E-state index in [-0.39, 0.29) is 0 Å². The third-order valence-corrected chi connectivity index (χ3v) is 1.33. The molecule has 1 aliphatic rings. The predicted octanol–water partition coefficient (Wildman–Crippen LogP) is 0.269. The van der Waals surface area contributed by atoms with Crippen molar-refractivity contribution >= 4 is 5.97 Å². The van der Waals surface area contributed by atoms with Gasteiger partial charge >= 0.3 is 5.97 Å². The summed E-state index contributed by atoms with van der Waals surface area (Å²) in [5.74, 6) is -0.597. The summed E-state index contributed by atoms with van der Waals surface area (Å²) in [6.45, 7) is 2.91. The SMILES string of the molecule is C1CCOOC1.COC(=O)C(C)O. The minimum absolute atomic E-state index is 0.597. The van der Waals surface area contributed by atoms with Gasteiger partial charge in [-0.15, -0.1) is 0 Å². The average Bonchev–Trinajstić information content (AvgIpc) is 2.20. The van der Waals surface area contributed by atoms with E-state index in [4.69, 9.17) is 5.11 Å². The molecule has 5 nitrogen and oxygen atoms in total. The molecule has 0 saturated carbocycles. The zero-order valence-corrected chi connectivity index (χ0v) is 7.99. The van der Waals surface area contributed by atoms with Crippen LogP contribution in [0.5, 0.6) is 0 Å². The van der Waals surface area contributed by atoms with E-state index in [1.807, 2.05) is 0 Å². The standard InChI is InChI=1S/C4H8O3.C4H8O2/c1-3(5)4(6)7-2;1-2-4-6-5-3-1/h3,5H,1-2H3;1-4H2. The third kappa shape index (κ3) is 7.70. The molecule has 1 saturated heterocycles. The molecule has 5 heteroatoms. The molecule has 0 bridgehead atoms. The van der Waals surface area contributed by atoms with Crippen molar-refractivity contribution < 1.29 is 24.4 Å². The van der Waals surface area contributed by atoms with Gasteiger partial charge in [0.2, 0.25) is 0 Å². The summed E-state index contributed by atoms with van der Waals surface area (Å²) in [4.78, 5) is 19.2. The molecule has 1 rings (SSSR count). The zero-order chi connectivity index (χ0) is 10.1. The summed E-state index contributed by atoms with van der Waals surface area (Å²) in [6.07, 6.45) is 1.31. The van der Waals surface area contributed by atoms with Gasteiger partial charge in [-0.3, -0.25) is 0 Å². The van der Waals surface area contributed by atoms with E-state index < -0.39 is 12.1 Å². The van der Waals surface area contributed by atoms with E-state index in [9.17, 15) is 4.79 Å². The highest BCUT2D eigenvalue weighted by atomic mass is 17.2. The molecule has 0 radical (unpaired) electrons. The lowest BCUT2D eigenvalue weighted by Crippen LogP contribution is -2.16. The maximum atomic E-state index is 10.0. The van der Waals surface area contributed by atoms with Gasteiger partial charge in [-0.1, -0.05) is 0 Å². The summed E-state index contributed by atoms with van der Waals surface area (Å²) >= 11 is 0. The van der Waals surface area contributed by atoms with Crippen molar-refractivity contribution in [1.29, 1.82) is 0 Å². The second-order valence-electron chi connectivity index (χ2n) is 2.55. The molecule has 0 aliphatic carbocycles. The van der Waals surface area contributed by atoms with Crippen LogP contribution in [0.3, 0.4) is 0 Å². The molecular formula is C8H16O5. The molecule has 1 atom stereocenters. The smallest absolute Gasteiger partial charge is 0.334 e. The van der Waals surface area contributed by atoms with E-state index in [0.29, 0.717) is 0 Å². The second-order valence-corrected chi connectivity index (χ2v) is 2.55. The Morgan fingerprint density at radius 2 is 1.85 bits per heavy atom. The highest BCUT2D eigenvalue weighted by molar-refractivity contribution is 5.73. The quantitative estimate of drug-likeness (QED) is 0.477. The summed E-state index contributed by atoms with van der Waals surface area (Å²) in [7, 11) is 1.23. The number of carbonyl (C=O) groups excluding carboxylic acids is 1. The molecule has 1 heterocycles. The van der Waals surface area contributed by atoms with E-state index in [1.54, 1.807) is 0 Å². The molecule has 78 valence electrons. The molecule has 1 aliphatic heterocycles. The molecule has 1 unspecified atom stereocenters. The van der Waals surface area contributed by atoms with Gasteiger partial charge < -0.3 is 9.84 Å². The van der Waals surface area contributed by atoms with Crippen molar-refractivity contribution in [1.82, 2.24) is 0 Å². The fraction of sp³-hybridized carbons (Fsp3) is 0.875. The number of rotatable bonds is 1. The van der Waals surface area contributed by atoms with Gasteiger partial charge in [-0.05, 0) is 19.8 Å². The van der Waals surface area contributed by atoms with E-state index in [1.165, 1.54) is 14.0 Å². The number of esters is 1. The number of aliphatic hydroxyl groups is 1. The highest BCUT2D eigenvalue weighted by Crippen LogP contribution is 1.97. The first-order valence-corrected chi connectivity index (χ1v) is 4.18. The zero-order valence-electron chi connectivity index (χ0n) is 7.99. The maximum absolute atomic E-state index is 10.0. The van der Waals surface area contributed by atoms with Crippen LogP contribution in [0.4, 0.5) is 0 Å². The number of aliphatic hydroxyl groups excluding tert-OH is 1. The Kier molecular flexibility index (Phi) is 7.57. The van der Waals surface area contributed by atoms with E-state index in [0.717, 1.165) is 26.1 Å². The molecule has 0 aromatic heterocycles. The first-order chi connectivity index (χ1) is 6.18. The fourth-order valence-corrected chi connectivity index (χ4v) is 0.610. The van der Waals surface area contributed by atoms with Crippen molar-refractivity contribution in [3.8, 4) is 0 Å². The van der Waals surface area contributed by atoms with Crippen LogP contribution >= 0.6 is 0 Å². The van der Waals surface area contributed by atoms with Crippen LogP contribution in [0.1, 0.15) is 19.8 Å². The van der Waals surface area contributed by atoms with Crippen molar-refractivity contribution in [3.05, 3.63) is 0 Å². The van der Waals surface area contributed by atoms with E-state index >= 15 is 0 Å². The first-order valence-electron chi connectivity index (χ1n) is 4.18. The van der Waals surface area contributed by atoms with Crippen molar-refractivity contribution in [2.75, 3.05) is 20.3 Å². The molecule has 1 fully saturated rings. The minimum atomic E-state index is -0.995. The lowest BCUT2D eigenvalue weighted by atomic mass is 10.3. The summed E-state index contributed by atoms with van der Waals surface area (Å²) in [5, 5.41) is 8.35. The molecule has 13 heavy (non-hydrogen) atoms. The van der Waals surface area contributed by atoms with Gasteiger partial charge in [0.1, 0.15) is 6.10 Å². The minimum Gasteiger partial charge on any atom is -0.467 e. The molecule has 0 amide bonds. The van der Waals surface area contributed by atoms with Crippen molar-refractivity contribution in [2.45, 2.75) is 25.9 Å². The molecule has 1 N–H and O–H groups in total. The van der Waals surface area contributed by atoms with Crippen LogP contribution in [0, 0.1) is 0 Å².